The van der Waals surface area contributed by atoms with E-state index < -0.39 is 0 Å². The topological polar surface area (TPSA) is 93.8 Å². The number of aromatic nitrogens is 6. The lowest BCUT2D eigenvalue weighted by Crippen LogP contribution is -2.04. The number of rotatable bonds is 8. The van der Waals surface area contributed by atoms with Gasteiger partial charge in [-0.25, -0.2) is 14.6 Å². The summed E-state index contributed by atoms with van der Waals surface area (Å²) in [7, 11) is 0. The summed E-state index contributed by atoms with van der Waals surface area (Å²) in [5, 5.41) is 13.5. The zero-order chi connectivity index (χ0) is 19.9. The smallest absolute Gasteiger partial charge is 0.191 e. The van der Waals surface area contributed by atoms with E-state index in [1.54, 1.807) is 35.1 Å². The molecule has 0 amide bonds. The van der Waals surface area contributed by atoms with Crippen LogP contribution in [0.5, 0.6) is 0 Å². The minimum absolute atomic E-state index is 0.535. The molecule has 0 aliphatic carbocycles. The van der Waals surface area contributed by atoms with Crippen molar-refractivity contribution in [3.8, 4) is 0 Å². The fourth-order valence-electron chi connectivity index (χ4n) is 2.66. The molecule has 0 spiro atoms. The number of thioether (sulfide) groups is 1. The minimum atomic E-state index is 0.535. The largest absolute Gasteiger partial charge is 0.264 e. The molecule has 0 bridgehead atoms. The lowest BCUT2D eigenvalue weighted by molar-refractivity contribution is 0.661. The molecule has 3 heterocycles. The second-order valence-corrected chi connectivity index (χ2v) is 7.33. The number of fused-ring (bicyclic) bond motifs is 1. The molecule has 3 aromatic heterocycles. The Labute approximate surface area is 172 Å². The van der Waals surface area contributed by atoms with Crippen molar-refractivity contribution >= 4 is 35.0 Å². The summed E-state index contributed by atoms with van der Waals surface area (Å²) in [4.78, 5) is 13.3. The van der Waals surface area contributed by atoms with Crippen molar-refractivity contribution in [1.82, 2.24) is 29.9 Å². The van der Waals surface area contributed by atoms with Gasteiger partial charge < -0.3 is 0 Å². The van der Waals surface area contributed by atoms with Crippen LogP contribution in [0.15, 0.2) is 65.1 Å². The van der Waals surface area contributed by atoms with Gasteiger partial charge in [-0.3, -0.25) is 10.4 Å². The summed E-state index contributed by atoms with van der Waals surface area (Å²) < 4.78 is 1.79. The molecular weight excluding hydrogens is 384 g/mol. The molecule has 29 heavy (non-hydrogen) atoms. The Balaban J connectivity index is 1.65. The van der Waals surface area contributed by atoms with Gasteiger partial charge in [-0.05, 0) is 18.1 Å². The van der Waals surface area contributed by atoms with Crippen LogP contribution in [0.1, 0.15) is 24.5 Å². The third-order valence-electron chi connectivity index (χ3n) is 4.02. The number of hydrogen-bond donors (Lipinski definition) is 1. The van der Waals surface area contributed by atoms with E-state index in [9.17, 15) is 0 Å². The normalized spacial score (nSPS) is 11.3. The molecule has 8 nitrogen and oxygen atoms in total. The molecule has 0 saturated carbocycles. The van der Waals surface area contributed by atoms with Gasteiger partial charge in [0, 0.05) is 23.7 Å². The molecule has 0 aliphatic heterocycles. The fourth-order valence-corrected chi connectivity index (χ4v) is 3.35. The van der Waals surface area contributed by atoms with Gasteiger partial charge in [0.05, 0.1) is 12.8 Å². The number of hydrazone groups is 1. The first-order valence-electron chi connectivity index (χ1n) is 9.30. The van der Waals surface area contributed by atoms with Crippen LogP contribution in [-0.2, 0) is 6.54 Å². The Morgan fingerprint density at radius 1 is 1.14 bits per heavy atom. The lowest BCUT2D eigenvalue weighted by atomic mass is 10.2. The molecular formula is C20H20N8S. The Bertz CT molecular complexity index is 1100. The number of nitrogens with zero attached hydrogens (tertiary/aromatic N) is 7. The first-order valence-corrected chi connectivity index (χ1v) is 10.3. The Hall–Kier alpha value is -3.33. The van der Waals surface area contributed by atoms with Crippen LogP contribution < -0.4 is 5.43 Å². The molecule has 146 valence electrons. The second kappa shape index (κ2) is 9.24. The quantitative estimate of drug-likeness (QED) is 0.207. The summed E-state index contributed by atoms with van der Waals surface area (Å²) in [5.41, 5.74) is 6.28. The monoisotopic (exact) mass is 404 g/mol. The number of nitrogens with one attached hydrogen (secondary N) is 1. The Morgan fingerprint density at radius 3 is 2.83 bits per heavy atom. The third kappa shape index (κ3) is 4.75. The van der Waals surface area contributed by atoms with Crippen molar-refractivity contribution < 1.29 is 0 Å². The van der Waals surface area contributed by atoms with Crippen LogP contribution in [0.25, 0.3) is 11.2 Å². The average Bonchev–Trinajstić information content (AvgIpc) is 3.16. The van der Waals surface area contributed by atoms with Crippen LogP contribution in [0, 0.1) is 0 Å². The summed E-state index contributed by atoms with van der Waals surface area (Å²) in [6, 6.07) is 13.9. The van der Waals surface area contributed by atoms with Gasteiger partial charge in [-0.2, -0.15) is 5.10 Å². The maximum Gasteiger partial charge on any atom is 0.191 e. The summed E-state index contributed by atoms with van der Waals surface area (Å²) >= 11 is 1.60. The van der Waals surface area contributed by atoms with Crippen LogP contribution in [0.4, 0.5) is 5.82 Å². The molecule has 0 atom stereocenters. The SMILES string of the molecule is CCCSc1nc(N/N=C/c2cccnc2)c2nnn(Cc3ccccc3)c2n1. The molecule has 1 N–H and O–H groups in total. The molecule has 9 heteroatoms. The van der Waals surface area contributed by atoms with E-state index in [-0.39, 0.29) is 0 Å². The first kappa shape index (κ1) is 19.0. The minimum Gasteiger partial charge on any atom is -0.264 e. The molecule has 1 aromatic carbocycles. The highest BCUT2D eigenvalue weighted by atomic mass is 32.2. The van der Waals surface area contributed by atoms with Gasteiger partial charge >= 0.3 is 0 Å². The molecule has 4 rings (SSSR count). The van der Waals surface area contributed by atoms with Gasteiger partial charge in [0.15, 0.2) is 22.1 Å². The van der Waals surface area contributed by atoms with Crippen molar-refractivity contribution in [3.63, 3.8) is 0 Å². The maximum absolute atomic E-state index is 4.68. The van der Waals surface area contributed by atoms with Gasteiger partial charge in [0.2, 0.25) is 0 Å². The number of pyridine rings is 1. The van der Waals surface area contributed by atoms with Crippen molar-refractivity contribution in [3.05, 3.63) is 66.0 Å². The zero-order valence-electron chi connectivity index (χ0n) is 15.9. The van der Waals surface area contributed by atoms with Crippen LogP contribution in [-0.4, -0.2) is 41.9 Å². The van der Waals surface area contributed by atoms with Crippen LogP contribution >= 0.6 is 11.8 Å². The van der Waals surface area contributed by atoms with Gasteiger partial charge in [0.1, 0.15) is 0 Å². The number of hydrogen-bond acceptors (Lipinski definition) is 8. The fraction of sp³-hybridized carbons (Fsp3) is 0.200. The number of benzene rings is 1. The van der Waals surface area contributed by atoms with Crippen LogP contribution in [0.2, 0.25) is 0 Å². The number of anilines is 1. The predicted molar refractivity (Wildman–Crippen MR) is 115 cm³/mol. The third-order valence-corrected chi connectivity index (χ3v) is 5.07. The molecule has 0 radical (unpaired) electrons. The summed E-state index contributed by atoms with van der Waals surface area (Å²) in [6.07, 6.45) is 6.18. The maximum atomic E-state index is 4.68. The molecule has 4 aromatic rings. The van der Waals surface area contributed by atoms with E-state index in [2.05, 4.69) is 54.8 Å². The Morgan fingerprint density at radius 2 is 2.03 bits per heavy atom. The van der Waals surface area contributed by atoms with E-state index in [1.807, 2.05) is 30.3 Å². The standard InChI is InChI=1S/C20H20N8S/c1-2-11-29-20-23-18(26-22-13-16-9-6-10-21-12-16)17-19(24-20)28(27-25-17)14-15-7-4-3-5-8-15/h3-10,12-13H,2,11,14H2,1H3,(H,23,24,26)/b22-13+. The van der Waals surface area contributed by atoms with E-state index in [4.69, 9.17) is 0 Å². The highest BCUT2D eigenvalue weighted by Gasteiger charge is 2.15. The summed E-state index contributed by atoms with van der Waals surface area (Å²) in [5.74, 6) is 1.47. The molecule has 0 unspecified atom stereocenters. The van der Waals surface area contributed by atoms with E-state index in [0.717, 1.165) is 23.3 Å². The second-order valence-electron chi connectivity index (χ2n) is 6.26. The predicted octanol–water partition coefficient (Wildman–Crippen LogP) is 3.61. The molecule has 0 fully saturated rings. The molecule has 0 aliphatic rings. The lowest BCUT2D eigenvalue weighted by Gasteiger charge is -2.06. The zero-order valence-corrected chi connectivity index (χ0v) is 16.8. The van der Waals surface area contributed by atoms with Crippen molar-refractivity contribution in [2.75, 3.05) is 11.2 Å². The Kier molecular flexibility index (Phi) is 6.06. The van der Waals surface area contributed by atoms with Crippen LogP contribution in [0.3, 0.4) is 0 Å². The van der Waals surface area contributed by atoms with Gasteiger partial charge in [-0.15, -0.1) is 5.10 Å². The highest BCUT2D eigenvalue weighted by Crippen LogP contribution is 2.23. The van der Waals surface area contributed by atoms with E-state index in [1.165, 1.54) is 0 Å². The van der Waals surface area contributed by atoms with Crippen molar-refractivity contribution in [1.29, 1.82) is 0 Å². The molecule has 0 saturated heterocycles. The van der Waals surface area contributed by atoms with Gasteiger partial charge in [-0.1, -0.05) is 60.3 Å². The van der Waals surface area contributed by atoms with E-state index >= 15 is 0 Å². The first-order chi connectivity index (χ1) is 14.3. The highest BCUT2D eigenvalue weighted by molar-refractivity contribution is 7.99. The summed E-state index contributed by atoms with van der Waals surface area (Å²) in [6.45, 7) is 2.72. The van der Waals surface area contributed by atoms with E-state index in [0.29, 0.717) is 28.7 Å². The van der Waals surface area contributed by atoms with Crippen molar-refractivity contribution in [2.24, 2.45) is 5.10 Å². The average molecular weight is 405 g/mol. The van der Waals surface area contributed by atoms with Gasteiger partial charge in [0.25, 0.3) is 0 Å². The van der Waals surface area contributed by atoms with Crippen molar-refractivity contribution in [2.45, 2.75) is 25.0 Å².